The van der Waals surface area contributed by atoms with Gasteiger partial charge in [0.2, 0.25) is 5.28 Å². The molecule has 0 unspecified atom stereocenters. The molecule has 0 fully saturated rings. The topological polar surface area (TPSA) is 56.0 Å². The Morgan fingerprint density at radius 1 is 1.14 bits per heavy atom. The van der Waals surface area contributed by atoms with E-state index in [1.807, 2.05) is 38.1 Å². The van der Waals surface area contributed by atoms with Crippen molar-refractivity contribution in [3.8, 4) is 0 Å². The van der Waals surface area contributed by atoms with Gasteiger partial charge in [0.15, 0.2) is 10.8 Å². The quantitative estimate of drug-likeness (QED) is 0.411. The smallest absolute Gasteiger partial charge is 0.225 e. The van der Waals surface area contributed by atoms with Gasteiger partial charge in [-0.05, 0) is 31.0 Å². The highest BCUT2D eigenvalue weighted by atomic mass is 35.5. The van der Waals surface area contributed by atoms with E-state index in [4.69, 9.17) is 23.2 Å². The molecule has 0 spiro atoms. The number of imidazole rings is 1. The van der Waals surface area contributed by atoms with Crippen molar-refractivity contribution in [2.75, 3.05) is 0 Å². The molecule has 0 aliphatic heterocycles. The van der Waals surface area contributed by atoms with Crippen molar-refractivity contribution in [1.29, 1.82) is 0 Å². The van der Waals surface area contributed by atoms with E-state index < -0.39 is 0 Å². The molecule has 0 aliphatic rings. The summed E-state index contributed by atoms with van der Waals surface area (Å²) in [6.45, 7) is 3.85. The van der Waals surface area contributed by atoms with Crippen LogP contribution in [0.25, 0.3) is 11.2 Å². The Labute approximate surface area is 131 Å². The maximum absolute atomic E-state index is 6.02. The molecule has 1 aromatic carbocycles. The van der Waals surface area contributed by atoms with Gasteiger partial charge in [0.25, 0.3) is 0 Å². The first-order valence-corrected chi connectivity index (χ1v) is 6.99. The number of aryl methyl sites for hydroxylation is 2. The van der Waals surface area contributed by atoms with Crippen molar-refractivity contribution < 1.29 is 0 Å². The predicted molar refractivity (Wildman–Crippen MR) is 84.3 cm³/mol. The molecule has 3 rings (SSSR count). The zero-order chi connectivity index (χ0) is 15.0. The third kappa shape index (κ3) is 2.75. The summed E-state index contributed by atoms with van der Waals surface area (Å²) < 4.78 is 1.59. The standard InChI is InChI=1S/C14H11Cl2N5/c1-8-4-3-5-10(6-8)7-17-21-9(2)18-11-12(15)19-14(16)20-13(11)21/h3-7H,1-2H3/b17-7+. The molecule has 5 nitrogen and oxygen atoms in total. The lowest BCUT2D eigenvalue weighted by atomic mass is 10.2. The molecule has 0 radical (unpaired) electrons. The van der Waals surface area contributed by atoms with E-state index in [-0.39, 0.29) is 10.4 Å². The van der Waals surface area contributed by atoms with Crippen molar-refractivity contribution in [2.45, 2.75) is 13.8 Å². The fourth-order valence-corrected chi connectivity index (χ4v) is 2.43. The Balaban J connectivity index is 2.10. The van der Waals surface area contributed by atoms with Crippen LogP contribution in [0.1, 0.15) is 17.0 Å². The van der Waals surface area contributed by atoms with Crippen LogP contribution in [0.3, 0.4) is 0 Å². The maximum atomic E-state index is 6.02. The van der Waals surface area contributed by atoms with Gasteiger partial charge in [0, 0.05) is 0 Å². The number of hydrogen-bond acceptors (Lipinski definition) is 4. The van der Waals surface area contributed by atoms with Crippen LogP contribution in [0.2, 0.25) is 10.4 Å². The van der Waals surface area contributed by atoms with Crippen LogP contribution in [0.15, 0.2) is 29.4 Å². The molecule has 2 heterocycles. The van der Waals surface area contributed by atoms with Gasteiger partial charge in [-0.25, -0.2) is 9.97 Å². The summed E-state index contributed by atoms with van der Waals surface area (Å²) in [7, 11) is 0. The van der Waals surface area contributed by atoms with Crippen LogP contribution in [-0.2, 0) is 0 Å². The van der Waals surface area contributed by atoms with Gasteiger partial charge in [-0.1, -0.05) is 41.4 Å². The maximum Gasteiger partial charge on any atom is 0.225 e. The van der Waals surface area contributed by atoms with Crippen LogP contribution in [0.5, 0.6) is 0 Å². The highest BCUT2D eigenvalue weighted by Crippen LogP contribution is 2.22. The summed E-state index contributed by atoms with van der Waals surface area (Å²) >= 11 is 11.9. The number of rotatable bonds is 2. The molecular weight excluding hydrogens is 309 g/mol. The van der Waals surface area contributed by atoms with Gasteiger partial charge in [0.05, 0.1) is 6.21 Å². The fourth-order valence-electron chi connectivity index (χ4n) is 2.01. The minimum absolute atomic E-state index is 0.0689. The summed E-state index contributed by atoms with van der Waals surface area (Å²) in [5.41, 5.74) is 3.13. The second-order valence-electron chi connectivity index (χ2n) is 4.59. The highest BCUT2D eigenvalue weighted by Gasteiger charge is 2.13. The molecule has 3 aromatic rings. The average Bonchev–Trinajstić information content (AvgIpc) is 2.73. The molecule has 2 aromatic heterocycles. The monoisotopic (exact) mass is 319 g/mol. The molecule has 0 saturated heterocycles. The van der Waals surface area contributed by atoms with E-state index in [1.54, 1.807) is 10.9 Å². The number of halogens is 2. The highest BCUT2D eigenvalue weighted by molar-refractivity contribution is 6.35. The summed E-state index contributed by atoms with van der Waals surface area (Å²) in [5, 5.41) is 4.70. The Hall–Kier alpha value is -1.98. The van der Waals surface area contributed by atoms with Gasteiger partial charge in [-0.15, -0.1) is 0 Å². The van der Waals surface area contributed by atoms with Gasteiger partial charge in [-0.2, -0.15) is 14.8 Å². The summed E-state index contributed by atoms with van der Waals surface area (Å²) in [5.74, 6) is 0.660. The minimum atomic E-state index is 0.0689. The summed E-state index contributed by atoms with van der Waals surface area (Å²) in [6, 6.07) is 8.01. The van der Waals surface area contributed by atoms with Crippen molar-refractivity contribution >= 4 is 40.6 Å². The zero-order valence-corrected chi connectivity index (χ0v) is 12.9. The van der Waals surface area contributed by atoms with E-state index in [1.165, 1.54) is 5.56 Å². The summed E-state index contributed by atoms with van der Waals surface area (Å²) in [4.78, 5) is 12.3. The van der Waals surface area contributed by atoms with Crippen LogP contribution >= 0.6 is 23.2 Å². The SMILES string of the molecule is Cc1cccc(/C=N/n2c(C)nc3c(Cl)nc(Cl)nc32)c1. The normalized spacial score (nSPS) is 11.6. The van der Waals surface area contributed by atoms with Crippen LogP contribution in [0.4, 0.5) is 0 Å². The number of fused-ring (bicyclic) bond motifs is 1. The van der Waals surface area contributed by atoms with E-state index in [9.17, 15) is 0 Å². The van der Waals surface area contributed by atoms with Gasteiger partial charge in [-0.3, -0.25) is 0 Å². The number of aromatic nitrogens is 4. The van der Waals surface area contributed by atoms with E-state index >= 15 is 0 Å². The lowest BCUT2D eigenvalue weighted by molar-refractivity contribution is 0.847. The van der Waals surface area contributed by atoms with Crippen LogP contribution < -0.4 is 0 Å². The molecule has 0 saturated carbocycles. The Kier molecular flexibility index (Phi) is 3.61. The molecule has 106 valence electrons. The molecule has 21 heavy (non-hydrogen) atoms. The number of nitrogens with zero attached hydrogens (tertiary/aromatic N) is 5. The first-order chi connectivity index (χ1) is 10.0. The molecule has 0 bridgehead atoms. The van der Waals surface area contributed by atoms with Gasteiger partial charge >= 0.3 is 0 Å². The second-order valence-corrected chi connectivity index (χ2v) is 5.28. The Morgan fingerprint density at radius 2 is 1.95 bits per heavy atom. The largest absolute Gasteiger partial charge is 0.226 e. The third-order valence-electron chi connectivity index (χ3n) is 2.94. The first kappa shape index (κ1) is 14.0. The Bertz CT molecular complexity index is 854. The van der Waals surface area contributed by atoms with Gasteiger partial charge < -0.3 is 0 Å². The zero-order valence-electron chi connectivity index (χ0n) is 11.4. The molecule has 0 aliphatic carbocycles. The third-order valence-corrected chi connectivity index (χ3v) is 3.37. The molecule has 7 heteroatoms. The Morgan fingerprint density at radius 3 is 2.71 bits per heavy atom. The minimum Gasteiger partial charge on any atom is -0.226 e. The van der Waals surface area contributed by atoms with Crippen LogP contribution in [0, 0.1) is 13.8 Å². The number of benzene rings is 1. The van der Waals surface area contributed by atoms with Crippen molar-refractivity contribution in [3.63, 3.8) is 0 Å². The van der Waals surface area contributed by atoms with E-state index in [0.29, 0.717) is 17.0 Å². The molecule has 0 amide bonds. The second kappa shape index (κ2) is 5.42. The molecular formula is C14H11Cl2N5. The predicted octanol–water partition coefficient (Wildman–Crippen LogP) is 3.63. The molecule has 0 N–H and O–H groups in total. The van der Waals surface area contributed by atoms with Crippen LogP contribution in [-0.4, -0.2) is 25.8 Å². The lowest BCUT2D eigenvalue weighted by Gasteiger charge is -1.99. The fraction of sp³-hybridized carbons (Fsp3) is 0.143. The molecule has 0 atom stereocenters. The van der Waals surface area contributed by atoms with Crippen molar-refractivity contribution in [3.05, 3.63) is 51.7 Å². The number of hydrogen-bond donors (Lipinski definition) is 0. The van der Waals surface area contributed by atoms with Gasteiger partial charge in [0.1, 0.15) is 11.3 Å². The van der Waals surface area contributed by atoms with Crippen molar-refractivity contribution in [2.24, 2.45) is 5.10 Å². The van der Waals surface area contributed by atoms with E-state index in [2.05, 4.69) is 20.1 Å². The lowest BCUT2D eigenvalue weighted by Crippen LogP contribution is -1.96. The van der Waals surface area contributed by atoms with Crippen molar-refractivity contribution in [1.82, 2.24) is 19.6 Å². The average molecular weight is 320 g/mol. The summed E-state index contributed by atoms with van der Waals surface area (Å²) in [6.07, 6.45) is 1.74. The van der Waals surface area contributed by atoms with E-state index in [0.717, 1.165) is 5.56 Å². The first-order valence-electron chi connectivity index (χ1n) is 6.24.